The summed E-state index contributed by atoms with van der Waals surface area (Å²) in [5, 5.41) is 12.4. The van der Waals surface area contributed by atoms with Crippen LogP contribution in [0.3, 0.4) is 0 Å². The van der Waals surface area contributed by atoms with Crippen molar-refractivity contribution in [1.82, 2.24) is 10.2 Å². The predicted octanol–water partition coefficient (Wildman–Crippen LogP) is 1.75. The molecule has 1 rings (SSSR count). The molecule has 0 saturated carbocycles. The Labute approximate surface area is 93.5 Å². The third-order valence-electron chi connectivity index (χ3n) is 3.17. The van der Waals surface area contributed by atoms with Crippen molar-refractivity contribution in [3.63, 3.8) is 0 Å². The minimum Gasteiger partial charge on any atom is -0.299 e. The van der Waals surface area contributed by atoms with E-state index in [-0.39, 0.29) is 11.6 Å². The monoisotopic (exact) mass is 209 g/mol. The maximum Gasteiger partial charge on any atom is 0.108 e. The Bertz CT molecular complexity index is 240. The van der Waals surface area contributed by atoms with E-state index in [1.807, 2.05) is 0 Å². The molecule has 1 aliphatic rings. The van der Waals surface area contributed by atoms with Gasteiger partial charge in [-0.05, 0) is 47.1 Å². The van der Waals surface area contributed by atoms with Crippen LogP contribution in [0.25, 0.3) is 0 Å². The average molecular weight is 209 g/mol. The summed E-state index contributed by atoms with van der Waals surface area (Å²) in [6.07, 6.45) is 2.50. The Morgan fingerprint density at radius 1 is 1.47 bits per heavy atom. The highest BCUT2D eigenvalue weighted by molar-refractivity contribution is 4.97. The molecule has 0 spiro atoms. The predicted molar refractivity (Wildman–Crippen MR) is 62.6 cm³/mol. The molecule has 15 heavy (non-hydrogen) atoms. The first-order valence-corrected chi connectivity index (χ1v) is 5.86. The van der Waals surface area contributed by atoms with Gasteiger partial charge in [0, 0.05) is 18.1 Å². The van der Waals surface area contributed by atoms with Crippen molar-refractivity contribution in [2.24, 2.45) is 0 Å². The Morgan fingerprint density at radius 2 is 2.13 bits per heavy atom. The normalized spacial score (nSPS) is 22.9. The van der Waals surface area contributed by atoms with Gasteiger partial charge in [-0.3, -0.25) is 10.2 Å². The highest BCUT2D eigenvalue weighted by atomic mass is 15.2. The van der Waals surface area contributed by atoms with Crippen LogP contribution in [0, 0.1) is 11.3 Å². The van der Waals surface area contributed by atoms with Gasteiger partial charge >= 0.3 is 0 Å². The van der Waals surface area contributed by atoms with Gasteiger partial charge in [0.2, 0.25) is 0 Å². The molecule has 1 aliphatic heterocycles. The standard InChI is InChI=1S/C12H23N3/c1-10(2)14-11(8-13)9-15-7-5-6-12(15,3)4/h10-11,14H,5-7,9H2,1-4H3. The van der Waals surface area contributed by atoms with Crippen molar-refractivity contribution in [3.8, 4) is 6.07 Å². The molecule has 0 aliphatic carbocycles. The summed E-state index contributed by atoms with van der Waals surface area (Å²) in [5.41, 5.74) is 0.272. The SMILES string of the molecule is CC(C)NC(C#N)CN1CCCC1(C)C. The van der Waals surface area contributed by atoms with E-state index >= 15 is 0 Å². The van der Waals surface area contributed by atoms with Gasteiger partial charge in [-0.15, -0.1) is 0 Å². The van der Waals surface area contributed by atoms with Gasteiger partial charge in [-0.2, -0.15) is 5.26 Å². The summed E-state index contributed by atoms with van der Waals surface area (Å²) >= 11 is 0. The highest BCUT2D eigenvalue weighted by Gasteiger charge is 2.33. The second-order valence-corrected chi connectivity index (χ2v) is 5.37. The van der Waals surface area contributed by atoms with Gasteiger partial charge < -0.3 is 0 Å². The number of rotatable bonds is 4. The van der Waals surface area contributed by atoms with Crippen molar-refractivity contribution in [1.29, 1.82) is 5.26 Å². The van der Waals surface area contributed by atoms with E-state index < -0.39 is 0 Å². The number of likely N-dealkylation sites (tertiary alicyclic amines) is 1. The number of hydrogen-bond donors (Lipinski definition) is 1. The molecule has 1 unspecified atom stereocenters. The quantitative estimate of drug-likeness (QED) is 0.766. The van der Waals surface area contributed by atoms with Crippen molar-refractivity contribution in [2.45, 2.75) is 58.2 Å². The molecule has 0 bridgehead atoms. The zero-order valence-corrected chi connectivity index (χ0v) is 10.4. The van der Waals surface area contributed by atoms with Crippen LogP contribution < -0.4 is 5.32 Å². The first-order chi connectivity index (χ1) is 6.95. The van der Waals surface area contributed by atoms with Gasteiger partial charge in [0.05, 0.1) is 6.07 Å². The second-order valence-electron chi connectivity index (χ2n) is 5.37. The maximum atomic E-state index is 9.07. The lowest BCUT2D eigenvalue weighted by atomic mass is 10.0. The molecule has 1 heterocycles. The molecule has 0 aromatic carbocycles. The van der Waals surface area contributed by atoms with E-state index in [1.54, 1.807) is 0 Å². The topological polar surface area (TPSA) is 39.1 Å². The minimum atomic E-state index is -0.0395. The first-order valence-electron chi connectivity index (χ1n) is 5.86. The van der Waals surface area contributed by atoms with Crippen LogP contribution in [0.2, 0.25) is 0 Å². The van der Waals surface area contributed by atoms with Crippen LogP contribution in [0.5, 0.6) is 0 Å². The molecular formula is C12H23N3. The Morgan fingerprint density at radius 3 is 2.53 bits per heavy atom. The largest absolute Gasteiger partial charge is 0.299 e. The molecule has 0 aromatic rings. The van der Waals surface area contributed by atoms with Gasteiger partial charge in [0.1, 0.15) is 6.04 Å². The fraction of sp³-hybridized carbons (Fsp3) is 0.917. The summed E-state index contributed by atoms with van der Waals surface area (Å²) in [4.78, 5) is 2.43. The molecule has 0 amide bonds. The van der Waals surface area contributed by atoms with Crippen LogP contribution in [-0.2, 0) is 0 Å². The zero-order chi connectivity index (χ0) is 11.5. The molecule has 0 aromatic heterocycles. The van der Waals surface area contributed by atoms with Crippen LogP contribution >= 0.6 is 0 Å². The Balaban J connectivity index is 2.49. The molecule has 1 saturated heterocycles. The summed E-state index contributed by atoms with van der Waals surface area (Å²) in [5.74, 6) is 0. The number of nitriles is 1. The molecule has 3 heteroatoms. The Hall–Kier alpha value is -0.590. The third-order valence-corrected chi connectivity index (χ3v) is 3.17. The van der Waals surface area contributed by atoms with Gasteiger partial charge in [-0.1, -0.05) is 0 Å². The van der Waals surface area contributed by atoms with Crippen molar-refractivity contribution >= 4 is 0 Å². The molecule has 0 radical (unpaired) electrons. The van der Waals surface area contributed by atoms with Gasteiger partial charge in [0.25, 0.3) is 0 Å². The van der Waals surface area contributed by atoms with E-state index in [4.69, 9.17) is 5.26 Å². The molecule has 1 atom stereocenters. The summed E-state index contributed by atoms with van der Waals surface area (Å²) in [6.45, 7) is 10.7. The fourth-order valence-corrected chi connectivity index (χ4v) is 2.26. The van der Waals surface area contributed by atoms with Crippen molar-refractivity contribution < 1.29 is 0 Å². The smallest absolute Gasteiger partial charge is 0.108 e. The van der Waals surface area contributed by atoms with E-state index in [1.165, 1.54) is 12.8 Å². The van der Waals surface area contributed by atoms with Crippen molar-refractivity contribution in [3.05, 3.63) is 0 Å². The zero-order valence-electron chi connectivity index (χ0n) is 10.4. The van der Waals surface area contributed by atoms with Gasteiger partial charge in [-0.25, -0.2) is 0 Å². The van der Waals surface area contributed by atoms with E-state index in [0.717, 1.165) is 13.1 Å². The second kappa shape index (κ2) is 4.96. The lowest BCUT2D eigenvalue weighted by Crippen LogP contribution is -2.48. The highest BCUT2D eigenvalue weighted by Crippen LogP contribution is 2.27. The molecule has 1 fully saturated rings. The van der Waals surface area contributed by atoms with Crippen LogP contribution in [0.15, 0.2) is 0 Å². The van der Waals surface area contributed by atoms with E-state index in [0.29, 0.717) is 6.04 Å². The van der Waals surface area contributed by atoms with Crippen LogP contribution in [-0.4, -0.2) is 35.6 Å². The fourth-order valence-electron chi connectivity index (χ4n) is 2.26. The summed E-state index contributed by atoms with van der Waals surface area (Å²) < 4.78 is 0. The Kier molecular flexibility index (Phi) is 4.12. The van der Waals surface area contributed by atoms with E-state index in [2.05, 4.69) is 44.0 Å². The third kappa shape index (κ3) is 3.48. The van der Waals surface area contributed by atoms with Gasteiger partial charge in [0.15, 0.2) is 0 Å². The lowest BCUT2D eigenvalue weighted by molar-refractivity contribution is 0.164. The average Bonchev–Trinajstić information content (AvgIpc) is 2.44. The van der Waals surface area contributed by atoms with E-state index in [9.17, 15) is 0 Å². The maximum absolute atomic E-state index is 9.07. The molecule has 1 N–H and O–H groups in total. The number of nitrogens with one attached hydrogen (secondary N) is 1. The summed E-state index contributed by atoms with van der Waals surface area (Å²) in [6, 6.07) is 2.68. The number of hydrogen-bond acceptors (Lipinski definition) is 3. The van der Waals surface area contributed by atoms with Crippen molar-refractivity contribution in [2.75, 3.05) is 13.1 Å². The molecular weight excluding hydrogens is 186 g/mol. The van der Waals surface area contributed by atoms with Crippen LogP contribution in [0.4, 0.5) is 0 Å². The summed E-state index contributed by atoms with van der Waals surface area (Å²) in [7, 11) is 0. The first kappa shape index (κ1) is 12.5. The molecule has 3 nitrogen and oxygen atoms in total. The van der Waals surface area contributed by atoms with Crippen LogP contribution in [0.1, 0.15) is 40.5 Å². The lowest BCUT2D eigenvalue weighted by Gasteiger charge is -2.33. The number of nitrogens with zero attached hydrogens (tertiary/aromatic N) is 2. The minimum absolute atomic E-state index is 0.0395. The molecule has 86 valence electrons.